The molecule has 0 amide bonds. The molecule has 0 aliphatic carbocycles. The minimum Gasteiger partial charge on any atom is -0.458 e. The number of hydrogen-bond acceptors (Lipinski definition) is 5. The summed E-state index contributed by atoms with van der Waals surface area (Å²) in [5.41, 5.74) is 21.4. The molecule has 0 N–H and O–H groups in total. The lowest BCUT2D eigenvalue weighted by Gasteiger charge is -2.42. The first kappa shape index (κ1) is 42.3. The van der Waals surface area contributed by atoms with Gasteiger partial charge in [0.2, 0.25) is 6.71 Å². The minimum atomic E-state index is -0.0906. The van der Waals surface area contributed by atoms with Gasteiger partial charge in [-0.15, -0.1) is 0 Å². The largest absolute Gasteiger partial charge is 0.458 e. The molecule has 0 spiro atoms. The van der Waals surface area contributed by atoms with E-state index in [1.807, 2.05) is 23.5 Å². The molecular formula is C66H42B2N2OS2. The van der Waals surface area contributed by atoms with Crippen LogP contribution in [0.15, 0.2) is 274 Å². The highest BCUT2D eigenvalue weighted by atomic mass is 32.2. The molecule has 11 aromatic carbocycles. The summed E-state index contributed by atoms with van der Waals surface area (Å²) in [7, 11) is 0. The van der Waals surface area contributed by atoms with E-state index in [2.05, 4.69) is 265 Å². The lowest BCUT2D eigenvalue weighted by molar-refractivity contribution is 0.486. The fraction of sp³-hybridized carbons (Fsp3) is 0. The quantitative estimate of drug-likeness (QED) is 0.147. The molecule has 0 saturated carbocycles. The molecule has 340 valence electrons. The van der Waals surface area contributed by atoms with Crippen molar-refractivity contribution < 1.29 is 4.74 Å². The number of ether oxygens (including phenoxy) is 1. The van der Waals surface area contributed by atoms with Crippen LogP contribution >= 0.6 is 23.5 Å². The molecule has 11 aromatic rings. The summed E-state index contributed by atoms with van der Waals surface area (Å²) in [4.78, 5) is 10.0. The van der Waals surface area contributed by atoms with Gasteiger partial charge in [-0.25, -0.2) is 0 Å². The fourth-order valence-corrected chi connectivity index (χ4v) is 14.4. The first-order valence-corrected chi connectivity index (χ1v) is 26.6. The summed E-state index contributed by atoms with van der Waals surface area (Å²) in [6.07, 6.45) is 0. The maximum atomic E-state index is 7.47. The molecular weight excluding hydrogens is 922 g/mol. The minimum absolute atomic E-state index is 0.0442. The lowest BCUT2D eigenvalue weighted by Crippen LogP contribution is -2.62. The maximum Gasteiger partial charge on any atom is 0.256 e. The van der Waals surface area contributed by atoms with E-state index < -0.39 is 0 Å². The zero-order valence-electron chi connectivity index (χ0n) is 39.5. The molecule has 4 heterocycles. The van der Waals surface area contributed by atoms with Crippen molar-refractivity contribution in [3.05, 3.63) is 255 Å². The standard InChI is InChI=1S/C66H42B2N2OS2/c1-6-21-43(22-7-1)46-37-57-64-59(38-46)71-58-42-61-55(68-53-34-17-19-36-60(53)72-62-39-49(40-63(73-61)65(62)68)69(47-27-12-4-13-28-47)48-29-14-5-15-30-48)41-54(58)67(64)52-33-16-18-35-56(52)70(57)66-50(44-23-8-2-9-24-44)31-20-32-51(66)45-25-10-3-11-26-45/h1-42H. The molecule has 15 rings (SSSR count). The average molecular weight is 965 g/mol. The highest BCUT2D eigenvalue weighted by Crippen LogP contribution is 2.51. The van der Waals surface area contributed by atoms with Crippen molar-refractivity contribution in [1.82, 2.24) is 0 Å². The summed E-state index contributed by atoms with van der Waals surface area (Å²) >= 11 is 3.78. The van der Waals surface area contributed by atoms with Gasteiger partial charge in [0, 0.05) is 59.1 Å². The van der Waals surface area contributed by atoms with Crippen LogP contribution in [0.2, 0.25) is 0 Å². The number of hydrogen-bond donors (Lipinski definition) is 0. The van der Waals surface area contributed by atoms with Crippen molar-refractivity contribution >= 4 is 104 Å². The van der Waals surface area contributed by atoms with Crippen molar-refractivity contribution in [2.24, 2.45) is 0 Å². The first-order valence-electron chi connectivity index (χ1n) is 25.0. The van der Waals surface area contributed by atoms with E-state index in [1.165, 1.54) is 74.6 Å². The number of para-hydroxylation sites is 4. The smallest absolute Gasteiger partial charge is 0.256 e. The normalized spacial score (nSPS) is 13.1. The van der Waals surface area contributed by atoms with Crippen molar-refractivity contribution in [2.75, 3.05) is 9.80 Å². The van der Waals surface area contributed by atoms with Gasteiger partial charge in [-0.3, -0.25) is 0 Å². The third-order valence-electron chi connectivity index (χ3n) is 15.0. The molecule has 0 atom stereocenters. The Morgan fingerprint density at radius 1 is 0.329 bits per heavy atom. The van der Waals surface area contributed by atoms with Gasteiger partial charge in [0.05, 0.1) is 5.69 Å². The Kier molecular flexibility index (Phi) is 9.95. The third kappa shape index (κ3) is 6.87. The van der Waals surface area contributed by atoms with Crippen LogP contribution in [0.25, 0.3) is 33.4 Å². The number of anilines is 6. The van der Waals surface area contributed by atoms with Gasteiger partial charge in [0.1, 0.15) is 11.5 Å². The predicted octanol–water partition coefficient (Wildman–Crippen LogP) is 14.0. The van der Waals surface area contributed by atoms with Gasteiger partial charge >= 0.3 is 0 Å². The molecule has 0 bridgehead atoms. The molecule has 0 unspecified atom stereocenters. The SMILES string of the molecule is c1ccc(-c2cc3c4c(c2)N(c2c(-c5ccccc5)cccc2-c2ccccc2)c2ccccc2B4c2cc4c(cc2O3)Sc2cc(N(c3ccccc3)c3ccccc3)cc3c2B4c2ccccc2S3)cc1. The van der Waals surface area contributed by atoms with E-state index in [1.54, 1.807) is 0 Å². The van der Waals surface area contributed by atoms with Crippen LogP contribution in [0, 0.1) is 0 Å². The van der Waals surface area contributed by atoms with Crippen LogP contribution in [-0.2, 0) is 0 Å². The Morgan fingerprint density at radius 2 is 0.863 bits per heavy atom. The van der Waals surface area contributed by atoms with Gasteiger partial charge in [0.25, 0.3) is 6.71 Å². The molecule has 0 radical (unpaired) electrons. The zero-order chi connectivity index (χ0) is 48.0. The van der Waals surface area contributed by atoms with E-state index in [-0.39, 0.29) is 13.4 Å². The van der Waals surface area contributed by atoms with E-state index in [9.17, 15) is 0 Å². The summed E-state index contributed by atoms with van der Waals surface area (Å²) in [5.74, 6) is 1.80. The second-order valence-electron chi connectivity index (χ2n) is 19.1. The van der Waals surface area contributed by atoms with Crippen LogP contribution < -0.4 is 47.3 Å². The Balaban J connectivity index is 0.958. The molecule has 0 saturated heterocycles. The number of rotatable bonds is 7. The molecule has 7 heteroatoms. The molecule has 0 aromatic heterocycles. The monoisotopic (exact) mass is 964 g/mol. The Morgan fingerprint density at radius 3 is 1.51 bits per heavy atom. The molecule has 0 fully saturated rings. The highest BCUT2D eigenvalue weighted by Gasteiger charge is 2.46. The van der Waals surface area contributed by atoms with Crippen LogP contribution in [-0.4, -0.2) is 13.4 Å². The number of nitrogens with zero attached hydrogens (tertiary/aromatic N) is 2. The van der Waals surface area contributed by atoms with Crippen molar-refractivity contribution in [1.29, 1.82) is 0 Å². The second kappa shape index (κ2) is 17.2. The topological polar surface area (TPSA) is 15.7 Å². The van der Waals surface area contributed by atoms with Crippen LogP contribution in [0.3, 0.4) is 0 Å². The lowest BCUT2D eigenvalue weighted by atomic mass is 9.32. The van der Waals surface area contributed by atoms with Gasteiger partial charge in [-0.05, 0) is 111 Å². The zero-order valence-corrected chi connectivity index (χ0v) is 41.2. The van der Waals surface area contributed by atoms with Crippen molar-refractivity contribution in [3.8, 4) is 44.9 Å². The Hall–Kier alpha value is -8.35. The predicted molar refractivity (Wildman–Crippen MR) is 309 cm³/mol. The summed E-state index contributed by atoms with van der Waals surface area (Å²) < 4.78 is 7.47. The first-order chi connectivity index (χ1) is 36.2. The fourth-order valence-electron chi connectivity index (χ4n) is 11.9. The molecule has 3 nitrogen and oxygen atoms in total. The van der Waals surface area contributed by atoms with Crippen LogP contribution in [0.5, 0.6) is 11.5 Å². The second-order valence-corrected chi connectivity index (χ2v) is 21.3. The summed E-state index contributed by atoms with van der Waals surface area (Å²) in [6.45, 7) is -0.0464. The average Bonchev–Trinajstić information content (AvgIpc) is 3.45. The summed E-state index contributed by atoms with van der Waals surface area (Å²) in [6, 6.07) is 93.3. The Bertz CT molecular complexity index is 3870. The van der Waals surface area contributed by atoms with Gasteiger partial charge in [0.15, 0.2) is 0 Å². The third-order valence-corrected chi connectivity index (χ3v) is 17.3. The van der Waals surface area contributed by atoms with E-state index in [0.29, 0.717) is 0 Å². The van der Waals surface area contributed by atoms with Crippen LogP contribution in [0.1, 0.15) is 0 Å². The number of fused-ring (bicyclic) bond motifs is 8. The van der Waals surface area contributed by atoms with Gasteiger partial charge in [-0.1, -0.05) is 223 Å². The Labute approximate surface area is 435 Å². The van der Waals surface area contributed by atoms with E-state index >= 15 is 0 Å². The van der Waals surface area contributed by atoms with Crippen molar-refractivity contribution in [3.63, 3.8) is 0 Å². The van der Waals surface area contributed by atoms with E-state index in [4.69, 9.17) is 4.74 Å². The summed E-state index contributed by atoms with van der Waals surface area (Å²) in [5, 5.41) is 0. The molecule has 4 aliphatic heterocycles. The number of benzene rings is 11. The van der Waals surface area contributed by atoms with Gasteiger partial charge in [-0.2, -0.15) is 0 Å². The van der Waals surface area contributed by atoms with Gasteiger partial charge < -0.3 is 14.5 Å². The van der Waals surface area contributed by atoms with Crippen LogP contribution in [0.4, 0.5) is 34.1 Å². The molecule has 4 aliphatic rings. The van der Waals surface area contributed by atoms with E-state index in [0.717, 1.165) is 56.8 Å². The molecule has 73 heavy (non-hydrogen) atoms. The maximum absolute atomic E-state index is 7.47. The van der Waals surface area contributed by atoms with Crippen molar-refractivity contribution in [2.45, 2.75) is 19.6 Å². The highest BCUT2D eigenvalue weighted by molar-refractivity contribution is 8.01.